The molecule has 2 aromatic rings. The van der Waals surface area contributed by atoms with E-state index in [1.165, 1.54) is 0 Å². The molecule has 1 amide bonds. The van der Waals surface area contributed by atoms with Gasteiger partial charge in [0.2, 0.25) is 0 Å². The van der Waals surface area contributed by atoms with Crippen molar-refractivity contribution < 1.29 is 4.79 Å². The number of anilines is 1. The molecule has 1 aromatic carbocycles. The van der Waals surface area contributed by atoms with Gasteiger partial charge < -0.3 is 15.5 Å². The number of hydrogen-bond donors (Lipinski definition) is 1. The summed E-state index contributed by atoms with van der Waals surface area (Å²) in [4.78, 5) is 21.2. The second-order valence-electron chi connectivity index (χ2n) is 8.01. The van der Waals surface area contributed by atoms with E-state index >= 15 is 0 Å². The van der Waals surface area contributed by atoms with Crippen LogP contribution in [0.2, 0.25) is 0 Å². The highest BCUT2D eigenvalue weighted by atomic mass is 35.5. The van der Waals surface area contributed by atoms with Crippen molar-refractivity contribution in [2.24, 2.45) is 11.1 Å². The van der Waals surface area contributed by atoms with Crippen LogP contribution < -0.4 is 10.6 Å². The largest absolute Gasteiger partial charge is 0.378 e. The lowest BCUT2D eigenvalue weighted by Crippen LogP contribution is -2.54. The molecule has 7 heteroatoms. The lowest BCUT2D eigenvalue weighted by molar-refractivity contribution is 0.0532. The number of rotatable bonds is 3. The first-order chi connectivity index (χ1) is 12.3. The molecule has 1 saturated heterocycles. The molecule has 154 valence electrons. The van der Waals surface area contributed by atoms with Gasteiger partial charge in [0.1, 0.15) is 0 Å². The first-order valence-corrected chi connectivity index (χ1v) is 9.05. The molecule has 1 aliphatic rings. The van der Waals surface area contributed by atoms with Crippen LogP contribution in [0.5, 0.6) is 0 Å². The van der Waals surface area contributed by atoms with Gasteiger partial charge in [0.25, 0.3) is 5.91 Å². The number of carbonyl (C=O) groups excluding carboxylic acids is 1. The fourth-order valence-electron chi connectivity index (χ4n) is 3.40. The molecule has 5 nitrogen and oxygen atoms in total. The topological polar surface area (TPSA) is 62.5 Å². The quantitative estimate of drug-likeness (QED) is 0.812. The van der Waals surface area contributed by atoms with Gasteiger partial charge in [0, 0.05) is 56.9 Å². The molecule has 3 rings (SSSR count). The van der Waals surface area contributed by atoms with E-state index in [0.29, 0.717) is 18.7 Å². The van der Waals surface area contributed by atoms with E-state index in [1.54, 1.807) is 12.4 Å². The number of nitrogens with zero attached hydrogens (tertiary/aromatic N) is 3. The molecule has 2 heterocycles. The number of amides is 1. The third kappa shape index (κ3) is 5.16. The highest BCUT2D eigenvalue weighted by molar-refractivity contribution is 5.95. The van der Waals surface area contributed by atoms with E-state index in [2.05, 4.69) is 48.0 Å². The van der Waals surface area contributed by atoms with Crippen molar-refractivity contribution in [2.75, 3.05) is 32.1 Å². The molecule has 0 radical (unpaired) electrons. The lowest BCUT2D eigenvalue weighted by Gasteiger charge is -2.42. The van der Waals surface area contributed by atoms with Gasteiger partial charge in [0.15, 0.2) is 0 Å². The van der Waals surface area contributed by atoms with E-state index in [1.807, 2.05) is 25.1 Å². The molecule has 0 bridgehead atoms. The van der Waals surface area contributed by atoms with Crippen LogP contribution in [0.25, 0.3) is 11.1 Å². The van der Waals surface area contributed by atoms with Gasteiger partial charge in [-0.25, -0.2) is 0 Å². The number of aromatic nitrogens is 1. The summed E-state index contributed by atoms with van der Waals surface area (Å²) in [5.41, 5.74) is 9.90. The van der Waals surface area contributed by atoms with Gasteiger partial charge in [-0.2, -0.15) is 0 Å². The Morgan fingerprint density at radius 3 is 2.36 bits per heavy atom. The zero-order chi connectivity index (χ0) is 18.9. The first-order valence-electron chi connectivity index (χ1n) is 9.05. The Bertz CT molecular complexity index is 793. The SMILES string of the molecule is CN(C)c1ccc(-c2cncc(C(=O)N3CCC(N)C(C)(C)C3)c2)cc1.Cl.Cl. The van der Waals surface area contributed by atoms with Crippen LogP contribution in [0.15, 0.2) is 42.7 Å². The fraction of sp³-hybridized carbons (Fsp3) is 0.429. The number of hydrogen-bond acceptors (Lipinski definition) is 4. The Morgan fingerprint density at radius 1 is 1.14 bits per heavy atom. The summed E-state index contributed by atoms with van der Waals surface area (Å²) in [5.74, 6) is 0.0317. The predicted octanol–water partition coefficient (Wildman–Crippen LogP) is 3.86. The van der Waals surface area contributed by atoms with Crippen LogP contribution in [-0.2, 0) is 0 Å². The first kappa shape index (κ1) is 24.2. The maximum absolute atomic E-state index is 13.0. The standard InChI is InChI=1S/C21H28N4O.2ClH/c1-21(2)14-25(10-9-19(21)22)20(26)17-11-16(12-23-13-17)15-5-7-18(8-6-15)24(3)4;;/h5-8,11-13,19H,9-10,14,22H2,1-4H3;2*1H. The van der Waals surface area contributed by atoms with Crippen LogP contribution in [0.1, 0.15) is 30.6 Å². The van der Waals surface area contributed by atoms with Gasteiger partial charge in [0.05, 0.1) is 5.56 Å². The monoisotopic (exact) mass is 424 g/mol. The van der Waals surface area contributed by atoms with Gasteiger partial charge >= 0.3 is 0 Å². The Morgan fingerprint density at radius 2 is 1.79 bits per heavy atom. The summed E-state index contributed by atoms with van der Waals surface area (Å²) < 4.78 is 0. The van der Waals surface area contributed by atoms with Crippen molar-refractivity contribution in [2.45, 2.75) is 26.3 Å². The van der Waals surface area contributed by atoms with Crippen LogP contribution >= 0.6 is 24.8 Å². The molecule has 1 atom stereocenters. The molecule has 28 heavy (non-hydrogen) atoms. The third-order valence-electron chi connectivity index (χ3n) is 5.30. The van der Waals surface area contributed by atoms with E-state index in [0.717, 1.165) is 23.2 Å². The van der Waals surface area contributed by atoms with Crippen LogP contribution in [-0.4, -0.2) is 49.0 Å². The smallest absolute Gasteiger partial charge is 0.255 e. The molecule has 1 unspecified atom stereocenters. The number of carbonyl (C=O) groups is 1. The molecule has 1 fully saturated rings. The lowest BCUT2D eigenvalue weighted by atomic mass is 9.79. The summed E-state index contributed by atoms with van der Waals surface area (Å²) in [7, 11) is 4.03. The van der Waals surface area contributed by atoms with Crippen LogP contribution in [0, 0.1) is 5.41 Å². The number of nitrogens with two attached hydrogens (primary N) is 1. The van der Waals surface area contributed by atoms with Crippen molar-refractivity contribution in [3.63, 3.8) is 0 Å². The minimum atomic E-state index is -0.0685. The Kier molecular flexibility index (Phi) is 8.30. The zero-order valence-electron chi connectivity index (χ0n) is 16.9. The molecule has 2 N–H and O–H groups in total. The maximum Gasteiger partial charge on any atom is 0.255 e. The average molecular weight is 425 g/mol. The molecular formula is C21H30Cl2N4O. The van der Waals surface area contributed by atoms with Gasteiger partial charge in [-0.3, -0.25) is 9.78 Å². The summed E-state index contributed by atoms with van der Waals surface area (Å²) in [5, 5.41) is 0. The molecule has 0 aliphatic carbocycles. The number of pyridine rings is 1. The second kappa shape index (κ2) is 9.59. The molecule has 1 aliphatic heterocycles. The molecule has 1 aromatic heterocycles. The van der Waals surface area contributed by atoms with Crippen molar-refractivity contribution in [1.29, 1.82) is 0 Å². The highest BCUT2D eigenvalue weighted by Gasteiger charge is 2.35. The maximum atomic E-state index is 13.0. The number of likely N-dealkylation sites (tertiary alicyclic amines) is 1. The van der Waals surface area contributed by atoms with Crippen LogP contribution in [0.3, 0.4) is 0 Å². The Hall–Kier alpha value is -1.82. The van der Waals surface area contributed by atoms with E-state index in [9.17, 15) is 4.79 Å². The highest BCUT2D eigenvalue weighted by Crippen LogP contribution is 2.29. The van der Waals surface area contributed by atoms with Crippen molar-refractivity contribution in [3.05, 3.63) is 48.3 Å². The minimum Gasteiger partial charge on any atom is -0.378 e. The molecular weight excluding hydrogens is 395 g/mol. The Balaban J connectivity index is 0.00000196. The van der Waals surface area contributed by atoms with Crippen molar-refractivity contribution in [3.8, 4) is 11.1 Å². The molecule has 0 spiro atoms. The Labute approximate surface area is 180 Å². The summed E-state index contributed by atoms with van der Waals surface area (Å²) >= 11 is 0. The second-order valence-corrected chi connectivity index (χ2v) is 8.01. The minimum absolute atomic E-state index is 0. The molecule has 0 saturated carbocycles. The summed E-state index contributed by atoms with van der Waals surface area (Å²) in [6.45, 7) is 5.62. The van der Waals surface area contributed by atoms with E-state index < -0.39 is 0 Å². The van der Waals surface area contributed by atoms with Crippen molar-refractivity contribution in [1.82, 2.24) is 9.88 Å². The fourth-order valence-corrected chi connectivity index (χ4v) is 3.40. The average Bonchev–Trinajstić information content (AvgIpc) is 2.63. The normalized spacial score (nSPS) is 17.9. The van der Waals surface area contributed by atoms with Gasteiger partial charge in [-0.05, 0) is 35.6 Å². The van der Waals surface area contributed by atoms with E-state index in [-0.39, 0.29) is 42.2 Å². The summed E-state index contributed by atoms with van der Waals surface area (Å²) in [6, 6.07) is 10.3. The predicted molar refractivity (Wildman–Crippen MR) is 121 cm³/mol. The zero-order valence-corrected chi connectivity index (χ0v) is 18.5. The van der Waals surface area contributed by atoms with Gasteiger partial charge in [-0.15, -0.1) is 24.8 Å². The van der Waals surface area contributed by atoms with Crippen molar-refractivity contribution >= 4 is 36.4 Å². The number of halogens is 2. The number of piperidine rings is 1. The van der Waals surface area contributed by atoms with E-state index in [4.69, 9.17) is 5.73 Å². The third-order valence-corrected chi connectivity index (χ3v) is 5.30. The number of benzene rings is 1. The summed E-state index contributed by atoms with van der Waals surface area (Å²) in [6.07, 6.45) is 4.29. The van der Waals surface area contributed by atoms with Gasteiger partial charge in [-0.1, -0.05) is 26.0 Å². The van der Waals surface area contributed by atoms with Crippen LogP contribution in [0.4, 0.5) is 5.69 Å².